The van der Waals surface area contributed by atoms with E-state index in [-0.39, 0.29) is 22.7 Å². The number of aliphatic hydroxyl groups excluding tert-OH is 1. The van der Waals surface area contributed by atoms with Crippen LogP contribution in [-0.4, -0.2) is 26.7 Å². The van der Waals surface area contributed by atoms with E-state index in [0.717, 1.165) is 12.1 Å². The molecule has 1 N–H and O–H groups in total. The topological polar surface area (TPSA) is 70.5 Å². The summed E-state index contributed by atoms with van der Waals surface area (Å²) in [6.45, 7) is 0.0717. The molecule has 1 aliphatic heterocycles. The molecule has 1 aromatic heterocycles. The number of hydrogen-bond donors (Lipinski definition) is 1. The van der Waals surface area contributed by atoms with Crippen LogP contribution in [0.3, 0.4) is 0 Å². The SMILES string of the molecule is O=C1C(=O)N(Cc2cccnc2)[C@H](c2ccc(Cl)cc2Cl)C1=C(O)c1ccc(F)cc1. The van der Waals surface area contributed by atoms with E-state index in [4.69, 9.17) is 23.2 Å². The van der Waals surface area contributed by atoms with Crippen molar-refractivity contribution in [2.45, 2.75) is 12.6 Å². The predicted octanol–water partition coefficient (Wildman–Crippen LogP) is 5.15. The number of amides is 1. The van der Waals surface area contributed by atoms with Gasteiger partial charge in [-0.05, 0) is 53.6 Å². The number of Topliss-reactive ketones (excluding diaryl/α,β-unsaturated/α-hetero) is 1. The van der Waals surface area contributed by atoms with E-state index in [1.165, 1.54) is 23.1 Å². The molecule has 0 aliphatic carbocycles. The summed E-state index contributed by atoms with van der Waals surface area (Å²) < 4.78 is 13.3. The number of pyridine rings is 1. The molecule has 1 amide bonds. The van der Waals surface area contributed by atoms with Gasteiger partial charge in [0.15, 0.2) is 0 Å². The minimum Gasteiger partial charge on any atom is -0.507 e. The Labute approximate surface area is 187 Å². The molecule has 156 valence electrons. The Kier molecular flexibility index (Phi) is 5.76. The van der Waals surface area contributed by atoms with Gasteiger partial charge in [-0.2, -0.15) is 0 Å². The molecule has 1 atom stereocenters. The highest BCUT2D eigenvalue weighted by Gasteiger charge is 2.46. The third-order valence-electron chi connectivity index (χ3n) is 4.99. The molecule has 1 saturated heterocycles. The molecule has 0 radical (unpaired) electrons. The van der Waals surface area contributed by atoms with Crippen LogP contribution < -0.4 is 0 Å². The standard InChI is InChI=1S/C23H15Cl2FN2O3/c24-15-5-8-17(18(25)10-15)20-19(21(29)14-3-6-16(26)7-4-14)22(30)23(31)28(20)12-13-2-1-9-27-11-13/h1-11,20,29H,12H2/t20-/m1/s1. The zero-order chi connectivity index (χ0) is 22.1. The molecule has 2 aromatic carbocycles. The van der Waals surface area contributed by atoms with E-state index in [2.05, 4.69) is 4.98 Å². The second-order valence-corrected chi connectivity index (χ2v) is 7.80. The maximum Gasteiger partial charge on any atom is 0.295 e. The largest absolute Gasteiger partial charge is 0.507 e. The Morgan fingerprint density at radius 2 is 1.84 bits per heavy atom. The first-order chi connectivity index (χ1) is 14.9. The average molecular weight is 457 g/mol. The normalized spacial score (nSPS) is 17.9. The first kappa shape index (κ1) is 21.0. The van der Waals surface area contributed by atoms with Gasteiger partial charge in [-0.3, -0.25) is 14.6 Å². The fourth-order valence-electron chi connectivity index (χ4n) is 3.54. The van der Waals surface area contributed by atoms with E-state index >= 15 is 0 Å². The van der Waals surface area contributed by atoms with Crippen LogP contribution in [0.4, 0.5) is 4.39 Å². The molecular formula is C23H15Cl2FN2O3. The number of halogens is 3. The smallest absolute Gasteiger partial charge is 0.295 e. The third-order valence-corrected chi connectivity index (χ3v) is 5.55. The first-order valence-corrected chi connectivity index (χ1v) is 10.0. The van der Waals surface area contributed by atoms with E-state index in [9.17, 15) is 19.1 Å². The van der Waals surface area contributed by atoms with Crippen molar-refractivity contribution in [2.24, 2.45) is 0 Å². The summed E-state index contributed by atoms with van der Waals surface area (Å²) >= 11 is 12.4. The number of ketones is 1. The second kappa shape index (κ2) is 8.49. The van der Waals surface area contributed by atoms with E-state index in [1.807, 2.05) is 0 Å². The molecular weight excluding hydrogens is 442 g/mol. The van der Waals surface area contributed by atoms with Crippen LogP contribution in [0.2, 0.25) is 10.0 Å². The Balaban J connectivity index is 1.89. The molecule has 3 aromatic rings. The van der Waals surface area contributed by atoms with Crippen molar-refractivity contribution in [1.29, 1.82) is 0 Å². The lowest BCUT2D eigenvalue weighted by atomic mass is 9.95. The fraction of sp³-hybridized carbons (Fsp3) is 0.0870. The van der Waals surface area contributed by atoms with Gasteiger partial charge >= 0.3 is 0 Å². The molecule has 0 unspecified atom stereocenters. The van der Waals surface area contributed by atoms with Crippen molar-refractivity contribution in [1.82, 2.24) is 9.88 Å². The molecule has 2 heterocycles. The monoisotopic (exact) mass is 456 g/mol. The maximum atomic E-state index is 13.3. The number of rotatable bonds is 4. The van der Waals surface area contributed by atoms with Gasteiger partial charge < -0.3 is 10.0 Å². The first-order valence-electron chi connectivity index (χ1n) is 9.25. The van der Waals surface area contributed by atoms with Crippen LogP contribution in [0.5, 0.6) is 0 Å². The molecule has 8 heteroatoms. The lowest BCUT2D eigenvalue weighted by Gasteiger charge is -2.26. The molecule has 1 aliphatic rings. The van der Waals surface area contributed by atoms with Crippen LogP contribution in [-0.2, 0) is 16.1 Å². The molecule has 31 heavy (non-hydrogen) atoms. The van der Waals surface area contributed by atoms with Gasteiger partial charge in [0.1, 0.15) is 11.6 Å². The molecule has 0 bridgehead atoms. The van der Waals surface area contributed by atoms with Crippen LogP contribution in [0.1, 0.15) is 22.7 Å². The zero-order valence-corrected chi connectivity index (χ0v) is 17.4. The van der Waals surface area contributed by atoms with Crippen LogP contribution >= 0.6 is 23.2 Å². The minimum atomic E-state index is -0.963. The van der Waals surface area contributed by atoms with Crippen molar-refractivity contribution in [3.8, 4) is 0 Å². The van der Waals surface area contributed by atoms with Gasteiger partial charge in [0.05, 0.1) is 11.6 Å². The van der Waals surface area contributed by atoms with E-state index < -0.39 is 29.3 Å². The highest BCUT2D eigenvalue weighted by Crippen LogP contribution is 2.43. The van der Waals surface area contributed by atoms with Crippen molar-refractivity contribution in [2.75, 3.05) is 0 Å². The number of likely N-dealkylation sites (tertiary alicyclic amines) is 1. The summed E-state index contributed by atoms with van der Waals surface area (Å²) in [4.78, 5) is 31.3. The van der Waals surface area contributed by atoms with E-state index in [0.29, 0.717) is 16.1 Å². The quantitative estimate of drug-likeness (QED) is 0.334. The summed E-state index contributed by atoms with van der Waals surface area (Å²) in [6.07, 6.45) is 3.18. The summed E-state index contributed by atoms with van der Waals surface area (Å²) in [6, 6.07) is 12.2. The number of aliphatic hydroxyl groups is 1. The number of benzene rings is 2. The molecule has 0 spiro atoms. The van der Waals surface area contributed by atoms with Crippen molar-refractivity contribution in [3.63, 3.8) is 0 Å². The van der Waals surface area contributed by atoms with Gasteiger partial charge in [-0.15, -0.1) is 0 Å². The number of hydrogen-bond acceptors (Lipinski definition) is 4. The lowest BCUT2D eigenvalue weighted by Crippen LogP contribution is -2.29. The third kappa shape index (κ3) is 4.04. The molecule has 1 fully saturated rings. The molecule has 5 nitrogen and oxygen atoms in total. The van der Waals surface area contributed by atoms with Crippen molar-refractivity contribution in [3.05, 3.63) is 105 Å². The van der Waals surface area contributed by atoms with Crippen LogP contribution in [0.25, 0.3) is 5.76 Å². The Bertz CT molecular complexity index is 1200. The fourth-order valence-corrected chi connectivity index (χ4v) is 4.05. The zero-order valence-electron chi connectivity index (χ0n) is 15.9. The van der Waals surface area contributed by atoms with Gasteiger partial charge in [-0.25, -0.2) is 4.39 Å². The Morgan fingerprint density at radius 1 is 1.10 bits per heavy atom. The van der Waals surface area contributed by atoms with Gasteiger partial charge in [0.2, 0.25) is 0 Å². The second-order valence-electron chi connectivity index (χ2n) is 6.96. The number of carbonyl (C=O) groups is 2. The predicted molar refractivity (Wildman–Crippen MR) is 115 cm³/mol. The molecule has 0 saturated carbocycles. The Morgan fingerprint density at radius 3 is 2.48 bits per heavy atom. The summed E-state index contributed by atoms with van der Waals surface area (Å²) in [5, 5.41) is 11.6. The lowest BCUT2D eigenvalue weighted by molar-refractivity contribution is -0.140. The average Bonchev–Trinajstić information content (AvgIpc) is 2.99. The summed E-state index contributed by atoms with van der Waals surface area (Å²) in [7, 11) is 0. The minimum absolute atomic E-state index is 0.0717. The van der Waals surface area contributed by atoms with E-state index in [1.54, 1.807) is 36.7 Å². The van der Waals surface area contributed by atoms with Crippen molar-refractivity contribution >= 4 is 40.7 Å². The highest BCUT2D eigenvalue weighted by molar-refractivity contribution is 6.47. The van der Waals surface area contributed by atoms with Crippen molar-refractivity contribution < 1.29 is 19.1 Å². The van der Waals surface area contributed by atoms with Gasteiger partial charge in [0, 0.05) is 34.5 Å². The number of nitrogens with zero attached hydrogens (tertiary/aromatic N) is 2. The highest BCUT2D eigenvalue weighted by atomic mass is 35.5. The number of carbonyl (C=O) groups excluding carboxylic acids is 2. The number of aromatic nitrogens is 1. The van der Waals surface area contributed by atoms with Crippen LogP contribution in [0, 0.1) is 5.82 Å². The van der Waals surface area contributed by atoms with Gasteiger partial charge in [-0.1, -0.05) is 35.3 Å². The van der Waals surface area contributed by atoms with Gasteiger partial charge in [0.25, 0.3) is 11.7 Å². The van der Waals surface area contributed by atoms with Crippen LogP contribution in [0.15, 0.2) is 72.6 Å². The Hall–Kier alpha value is -3.22. The summed E-state index contributed by atoms with van der Waals surface area (Å²) in [5.74, 6) is -2.56. The maximum absolute atomic E-state index is 13.3. The molecule has 4 rings (SSSR count). The summed E-state index contributed by atoms with van der Waals surface area (Å²) in [5.41, 5.74) is 1.19.